The van der Waals surface area contributed by atoms with Crippen molar-refractivity contribution in [2.24, 2.45) is 0 Å². The van der Waals surface area contributed by atoms with Crippen molar-refractivity contribution in [1.82, 2.24) is 0 Å². The van der Waals surface area contributed by atoms with Crippen LogP contribution in [0.5, 0.6) is 11.5 Å². The molecule has 0 amide bonds. The van der Waals surface area contributed by atoms with Gasteiger partial charge in [0.2, 0.25) is 6.10 Å². The maximum atomic E-state index is 11.5. The Balaban J connectivity index is 2.09. The van der Waals surface area contributed by atoms with Crippen LogP contribution in [0.3, 0.4) is 0 Å². The topological polar surface area (TPSA) is 61.6 Å². The molecule has 2 aromatic carbocycles. The van der Waals surface area contributed by atoms with Crippen molar-refractivity contribution in [1.29, 1.82) is 0 Å². The summed E-state index contributed by atoms with van der Waals surface area (Å²) in [5, 5.41) is 11.5. The molecule has 0 aliphatic carbocycles. The Kier molecular flexibility index (Phi) is 4.02. The molecule has 0 aromatic heterocycles. The van der Waals surface area contributed by atoms with Crippen LogP contribution in [0.4, 0.5) is 0 Å². The van der Waals surface area contributed by atoms with E-state index in [0.29, 0.717) is 23.7 Å². The molecule has 1 atom stereocenters. The second-order valence-electron chi connectivity index (χ2n) is 5.34. The van der Waals surface area contributed by atoms with E-state index < -0.39 is 6.10 Å². The van der Waals surface area contributed by atoms with E-state index >= 15 is 0 Å². The highest BCUT2D eigenvalue weighted by Gasteiger charge is 2.34. The van der Waals surface area contributed by atoms with E-state index in [1.807, 2.05) is 38.1 Å². The minimum Gasteiger partial charge on any atom is -0.490 e. The Bertz CT molecular complexity index is 765. The fourth-order valence-electron chi connectivity index (χ4n) is 2.58. The van der Waals surface area contributed by atoms with Gasteiger partial charge in [0.05, 0.1) is 11.5 Å². The molecular weight excluding hydrogens is 294 g/mol. The van der Waals surface area contributed by atoms with Crippen molar-refractivity contribution in [2.45, 2.75) is 20.0 Å². The van der Waals surface area contributed by atoms with Crippen LogP contribution in [0.25, 0.3) is 6.08 Å². The van der Waals surface area contributed by atoms with E-state index in [9.17, 15) is 10.1 Å². The van der Waals surface area contributed by atoms with Gasteiger partial charge in [0, 0.05) is 17.2 Å². The lowest BCUT2D eigenvalue weighted by Gasteiger charge is -2.24. The molecule has 1 aliphatic heterocycles. The van der Waals surface area contributed by atoms with Gasteiger partial charge >= 0.3 is 0 Å². The van der Waals surface area contributed by atoms with Crippen LogP contribution < -0.4 is 9.47 Å². The van der Waals surface area contributed by atoms with Crippen molar-refractivity contribution in [2.75, 3.05) is 6.61 Å². The Morgan fingerprint density at radius 3 is 2.61 bits per heavy atom. The van der Waals surface area contributed by atoms with Crippen molar-refractivity contribution < 1.29 is 14.4 Å². The molecule has 0 saturated heterocycles. The fraction of sp³-hybridized carbons (Fsp3) is 0.222. The van der Waals surface area contributed by atoms with Gasteiger partial charge < -0.3 is 9.47 Å². The van der Waals surface area contributed by atoms with Crippen molar-refractivity contribution >= 4 is 6.08 Å². The van der Waals surface area contributed by atoms with Crippen molar-refractivity contribution in [3.05, 3.63) is 75.0 Å². The standard InChI is InChI=1S/C18H17NO4/c1-3-22-16-6-4-5-14-11-15(19(20)21)17(23-18(14)16)13-9-7-12(2)8-10-13/h4-11,17H,3H2,1-2H3/t17-/m1/s1. The molecule has 0 fully saturated rings. The van der Waals surface area contributed by atoms with E-state index in [4.69, 9.17) is 9.47 Å². The van der Waals surface area contributed by atoms with Crippen LogP contribution in [0.2, 0.25) is 0 Å². The number of nitrogens with zero attached hydrogens (tertiary/aromatic N) is 1. The SMILES string of the molecule is CCOc1cccc2c1O[C@H](c1ccc(C)cc1)C([N+](=O)[O-])=C2. The number of benzene rings is 2. The predicted molar refractivity (Wildman–Crippen MR) is 87.1 cm³/mol. The van der Waals surface area contributed by atoms with E-state index in [2.05, 4.69) is 0 Å². The first-order valence-corrected chi connectivity index (χ1v) is 7.45. The van der Waals surface area contributed by atoms with E-state index in [-0.39, 0.29) is 10.6 Å². The largest absolute Gasteiger partial charge is 0.490 e. The Hall–Kier alpha value is -2.82. The summed E-state index contributed by atoms with van der Waals surface area (Å²) in [4.78, 5) is 11.1. The zero-order valence-corrected chi connectivity index (χ0v) is 13.0. The zero-order chi connectivity index (χ0) is 16.4. The molecule has 1 heterocycles. The summed E-state index contributed by atoms with van der Waals surface area (Å²) in [7, 11) is 0. The number of ether oxygens (including phenoxy) is 2. The second-order valence-corrected chi connectivity index (χ2v) is 5.34. The Morgan fingerprint density at radius 1 is 1.22 bits per heavy atom. The number of nitro groups is 1. The van der Waals surface area contributed by atoms with Crippen LogP contribution in [0.1, 0.15) is 29.7 Å². The van der Waals surface area contributed by atoms with Gasteiger partial charge in [-0.2, -0.15) is 0 Å². The van der Waals surface area contributed by atoms with Gasteiger partial charge in [0.15, 0.2) is 11.5 Å². The lowest BCUT2D eigenvalue weighted by atomic mass is 10.00. The van der Waals surface area contributed by atoms with Crippen LogP contribution in [0, 0.1) is 17.0 Å². The van der Waals surface area contributed by atoms with E-state index in [1.54, 1.807) is 24.3 Å². The summed E-state index contributed by atoms with van der Waals surface area (Å²) >= 11 is 0. The molecule has 118 valence electrons. The molecule has 0 spiro atoms. The molecule has 0 bridgehead atoms. The number of hydrogen-bond donors (Lipinski definition) is 0. The molecule has 0 N–H and O–H groups in total. The van der Waals surface area contributed by atoms with E-state index in [1.165, 1.54) is 0 Å². The van der Waals surface area contributed by atoms with Gasteiger partial charge in [-0.1, -0.05) is 42.0 Å². The molecule has 0 radical (unpaired) electrons. The maximum absolute atomic E-state index is 11.5. The summed E-state index contributed by atoms with van der Waals surface area (Å²) in [6.45, 7) is 4.36. The zero-order valence-electron chi connectivity index (χ0n) is 13.0. The lowest BCUT2D eigenvalue weighted by molar-refractivity contribution is -0.434. The summed E-state index contributed by atoms with van der Waals surface area (Å²) in [6, 6.07) is 12.9. The lowest BCUT2D eigenvalue weighted by Crippen LogP contribution is -2.20. The molecular formula is C18H17NO4. The molecule has 0 saturated carbocycles. The normalized spacial score (nSPS) is 16.1. The minimum absolute atomic E-state index is 0.0231. The molecule has 5 heteroatoms. The summed E-state index contributed by atoms with van der Waals surface area (Å²) in [5.41, 5.74) is 2.52. The van der Waals surface area contributed by atoms with Crippen LogP contribution >= 0.6 is 0 Å². The Labute approximate surface area is 134 Å². The Morgan fingerprint density at radius 2 is 1.96 bits per heavy atom. The highest BCUT2D eigenvalue weighted by atomic mass is 16.6. The summed E-state index contributed by atoms with van der Waals surface area (Å²) < 4.78 is 11.6. The highest BCUT2D eigenvalue weighted by Crippen LogP contribution is 2.42. The first kappa shape index (κ1) is 15.1. The monoisotopic (exact) mass is 311 g/mol. The number of hydrogen-bond acceptors (Lipinski definition) is 4. The predicted octanol–water partition coefficient (Wildman–Crippen LogP) is 4.15. The second kappa shape index (κ2) is 6.12. The van der Waals surface area contributed by atoms with Gasteiger partial charge in [-0.25, -0.2) is 0 Å². The molecule has 3 rings (SSSR count). The van der Waals surface area contributed by atoms with Crippen LogP contribution in [0.15, 0.2) is 48.2 Å². The van der Waals surface area contributed by atoms with Gasteiger partial charge in [-0.05, 0) is 19.9 Å². The summed E-state index contributed by atoms with van der Waals surface area (Å²) in [6.07, 6.45) is 0.811. The highest BCUT2D eigenvalue weighted by molar-refractivity contribution is 5.66. The van der Waals surface area contributed by atoms with Crippen LogP contribution in [-0.2, 0) is 0 Å². The third kappa shape index (κ3) is 2.90. The van der Waals surface area contributed by atoms with Crippen molar-refractivity contribution in [3.63, 3.8) is 0 Å². The number of fused-ring (bicyclic) bond motifs is 1. The maximum Gasteiger partial charge on any atom is 0.291 e. The smallest absolute Gasteiger partial charge is 0.291 e. The number of para-hydroxylation sites is 1. The first-order valence-electron chi connectivity index (χ1n) is 7.45. The van der Waals surface area contributed by atoms with E-state index in [0.717, 1.165) is 11.1 Å². The first-order chi connectivity index (χ1) is 11.1. The van der Waals surface area contributed by atoms with Crippen molar-refractivity contribution in [3.8, 4) is 11.5 Å². The molecule has 5 nitrogen and oxygen atoms in total. The van der Waals surface area contributed by atoms with Gasteiger partial charge in [-0.3, -0.25) is 10.1 Å². The average molecular weight is 311 g/mol. The molecule has 0 unspecified atom stereocenters. The fourth-order valence-corrected chi connectivity index (χ4v) is 2.58. The minimum atomic E-state index is -0.750. The summed E-state index contributed by atoms with van der Waals surface area (Å²) in [5.74, 6) is 1.14. The average Bonchev–Trinajstić information content (AvgIpc) is 2.55. The quantitative estimate of drug-likeness (QED) is 0.628. The van der Waals surface area contributed by atoms with Gasteiger partial charge in [0.1, 0.15) is 0 Å². The van der Waals surface area contributed by atoms with Gasteiger partial charge in [0.25, 0.3) is 5.70 Å². The molecule has 1 aliphatic rings. The molecule has 2 aromatic rings. The van der Waals surface area contributed by atoms with Crippen LogP contribution in [-0.4, -0.2) is 11.5 Å². The third-order valence-corrected chi connectivity index (χ3v) is 3.71. The number of aryl methyl sites for hydroxylation is 1. The number of rotatable bonds is 4. The third-order valence-electron chi connectivity index (χ3n) is 3.71. The molecule has 23 heavy (non-hydrogen) atoms. The van der Waals surface area contributed by atoms with Gasteiger partial charge in [-0.15, -0.1) is 0 Å².